The highest BCUT2D eigenvalue weighted by atomic mass is 79.9. The number of nitrogens with zero attached hydrogens (tertiary/aromatic N) is 1. The van der Waals surface area contributed by atoms with E-state index in [0.717, 1.165) is 32.9 Å². The lowest BCUT2D eigenvalue weighted by Crippen LogP contribution is -2.12. The monoisotopic (exact) mass is 340 g/mol. The normalized spacial score (nSPS) is 12.5. The Morgan fingerprint density at radius 1 is 1.47 bits per heavy atom. The lowest BCUT2D eigenvalue weighted by atomic mass is 10.1. The van der Waals surface area contributed by atoms with E-state index in [2.05, 4.69) is 34.8 Å². The van der Waals surface area contributed by atoms with E-state index in [0.29, 0.717) is 0 Å². The Hall–Kier alpha value is -0.910. The summed E-state index contributed by atoms with van der Waals surface area (Å²) in [6.07, 6.45) is 0.939. The number of nitrogens with two attached hydrogens (primary N) is 1. The van der Waals surface area contributed by atoms with Crippen LogP contribution < -0.4 is 10.5 Å². The smallest absolute Gasteiger partial charge is 0.119 e. The minimum Gasteiger partial charge on any atom is -0.497 e. The summed E-state index contributed by atoms with van der Waals surface area (Å²) in [5.74, 6) is 0.803. The molecule has 0 saturated heterocycles. The fourth-order valence-electron chi connectivity index (χ4n) is 1.93. The van der Waals surface area contributed by atoms with Crippen LogP contribution in [0, 0.1) is 6.92 Å². The summed E-state index contributed by atoms with van der Waals surface area (Å²) >= 11 is 5.21. The lowest BCUT2D eigenvalue weighted by molar-refractivity contribution is 0.414. The molecule has 1 atom stereocenters. The molecule has 102 valence electrons. The van der Waals surface area contributed by atoms with Crippen LogP contribution in [-0.4, -0.2) is 12.1 Å². The quantitative estimate of drug-likeness (QED) is 0.919. The molecule has 1 aromatic carbocycles. The topological polar surface area (TPSA) is 48.1 Å². The second-order valence-corrected chi connectivity index (χ2v) is 6.36. The maximum absolute atomic E-state index is 6.34. The fourth-order valence-corrected chi connectivity index (χ4v) is 3.46. The first-order valence-corrected chi connectivity index (χ1v) is 7.73. The van der Waals surface area contributed by atoms with Crippen LogP contribution in [0.2, 0.25) is 0 Å². The third-order valence-corrected chi connectivity index (χ3v) is 4.87. The Kier molecular flexibility index (Phi) is 4.60. The molecule has 3 nitrogen and oxygen atoms in total. The highest BCUT2D eigenvalue weighted by Crippen LogP contribution is 2.32. The molecule has 0 amide bonds. The first kappa shape index (κ1) is 14.5. The number of hydrogen-bond donors (Lipinski definition) is 1. The average molecular weight is 341 g/mol. The van der Waals surface area contributed by atoms with E-state index in [1.165, 1.54) is 4.88 Å². The summed E-state index contributed by atoms with van der Waals surface area (Å²) in [5.41, 5.74) is 8.47. The van der Waals surface area contributed by atoms with Gasteiger partial charge in [0.15, 0.2) is 0 Å². The van der Waals surface area contributed by atoms with Gasteiger partial charge in [0.25, 0.3) is 0 Å². The molecule has 1 unspecified atom stereocenters. The molecule has 2 aromatic rings. The van der Waals surface area contributed by atoms with Crippen LogP contribution in [0.15, 0.2) is 22.7 Å². The van der Waals surface area contributed by atoms with Gasteiger partial charge in [0.05, 0.1) is 18.8 Å². The Morgan fingerprint density at radius 3 is 2.79 bits per heavy atom. The summed E-state index contributed by atoms with van der Waals surface area (Å²) in [4.78, 5) is 5.88. The van der Waals surface area contributed by atoms with Crippen molar-refractivity contribution in [2.24, 2.45) is 5.73 Å². The second-order valence-electron chi connectivity index (χ2n) is 4.27. The Morgan fingerprint density at radius 2 is 2.21 bits per heavy atom. The molecule has 1 heterocycles. The third-order valence-electron chi connectivity index (χ3n) is 3.05. The standard InChI is InChI=1S/C14H17BrN2OS/c1-4-12-8(2)19-14(17-12)13(16)10-7-9(18-3)5-6-11(10)15/h5-7,13H,4,16H2,1-3H3. The average Bonchev–Trinajstić information content (AvgIpc) is 2.80. The van der Waals surface area contributed by atoms with Crippen molar-refractivity contribution < 1.29 is 4.74 Å². The van der Waals surface area contributed by atoms with Crippen LogP contribution in [0.1, 0.15) is 34.1 Å². The van der Waals surface area contributed by atoms with Gasteiger partial charge in [-0.25, -0.2) is 4.98 Å². The minimum absolute atomic E-state index is 0.228. The summed E-state index contributed by atoms with van der Waals surface area (Å²) in [5, 5.41) is 0.948. The van der Waals surface area contributed by atoms with Crippen molar-refractivity contribution in [1.82, 2.24) is 4.98 Å². The van der Waals surface area contributed by atoms with Crippen LogP contribution in [0.25, 0.3) is 0 Å². The van der Waals surface area contributed by atoms with E-state index in [9.17, 15) is 0 Å². The fraction of sp³-hybridized carbons (Fsp3) is 0.357. The molecule has 2 rings (SSSR count). The van der Waals surface area contributed by atoms with Gasteiger partial charge < -0.3 is 10.5 Å². The second kappa shape index (κ2) is 6.03. The Bertz CT molecular complexity index is 583. The summed E-state index contributed by atoms with van der Waals surface area (Å²) in [6.45, 7) is 4.20. The van der Waals surface area contributed by atoms with Crippen molar-refractivity contribution in [2.75, 3.05) is 7.11 Å². The van der Waals surface area contributed by atoms with Gasteiger partial charge in [-0.1, -0.05) is 22.9 Å². The molecular weight excluding hydrogens is 324 g/mol. The van der Waals surface area contributed by atoms with E-state index < -0.39 is 0 Å². The predicted octanol–water partition coefficient (Wildman–Crippen LogP) is 3.83. The van der Waals surface area contributed by atoms with Crippen molar-refractivity contribution in [3.8, 4) is 5.75 Å². The summed E-state index contributed by atoms with van der Waals surface area (Å²) < 4.78 is 6.23. The van der Waals surface area contributed by atoms with Crippen LogP contribution in [0.5, 0.6) is 5.75 Å². The maximum Gasteiger partial charge on any atom is 0.119 e. The molecule has 5 heteroatoms. The van der Waals surface area contributed by atoms with E-state index >= 15 is 0 Å². The Balaban J connectivity index is 2.39. The number of aromatic nitrogens is 1. The van der Waals surface area contributed by atoms with E-state index in [4.69, 9.17) is 10.5 Å². The molecule has 0 aliphatic rings. The molecule has 1 aromatic heterocycles. The minimum atomic E-state index is -0.228. The van der Waals surface area contributed by atoms with Gasteiger partial charge in [-0.2, -0.15) is 0 Å². The molecule has 19 heavy (non-hydrogen) atoms. The number of benzene rings is 1. The number of aryl methyl sites for hydroxylation is 2. The van der Waals surface area contributed by atoms with Gasteiger partial charge in [0.2, 0.25) is 0 Å². The molecule has 0 radical (unpaired) electrons. The van der Waals surface area contributed by atoms with E-state index in [1.807, 2.05) is 18.2 Å². The first-order valence-electron chi connectivity index (χ1n) is 6.12. The van der Waals surface area contributed by atoms with Crippen LogP contribution in [0.4, 0.5) is 0 Å². The zero-order valence-electron chi connectivity index (χ0n) is 11.2. The van der Waals surface area contributed by atoms with Crippen molar-refractivity contribution in [3.63, 3.8) is 0 Å². The van der Waals surface area contributed by atoms with E-state index in [1.54, 1.807) is 18.4 Å². The molecule has 2 N–H and O–H groups in total. The molecule has 0 saturated carbocycles. The number of hydrogen-bond acceptors (Lipinski definition) is 4. The SMILES string of the molecule is CCc1nc(C(N)c2cc(OC)ccc2Br)sc1C. The van der Waals surface area contributed by atoms with Gasteiger partial charge in [0, 0.05) is 9.35 Å². The number of halogens is 1. The number of rotatable bonds is 4. The summed E-state index contributed by atoms with van der Waals surface area (Å²) in [6, 6.07) is 5.59. The zero-order chi connectivity index (χ0) is 14.0. The largest absolute Gasteiger partial charge is 0.497 e. The molecular formula is C14H17BrN2OS. The van der Waals surface area contributed by atoms with Crippen molar-refractivity contribution in [1.29, 1.82) is 0 Å². The Labute approximate surface area is 125 Å². The third kappa shape index (κ3) is 2.99. The van der Waals surface area contributed by atoms with Crippen LogP contribution >= 0.6 is 27.3 Å². The molecule has 0 aliphatic carbocycles. The predicted molar refractivity (Wildman–Crippen MR) is 83.0 cm³/mol. The van der Waals surface area contributed by atoms with Gasteiger partial charge in [-0.3, -0.25) is 0 Å². The van der Waals surface area contributed by atoms with Gasteiger partial charge in [-0.15, -0.1) is 11.3 Å². The highest BCUT2D eigenvalue weighted by Gasteiger charge is 2.18. The molecule has 0 spiro atoms. The summed E-state index contributed by atoms with van der Waals surface area (Å²) in [7, 11) is 1.65. The lowest BCUT2D eigenvalue weighted by Gasteiger charge is -2.12. The molecule has 0 bridgehead atoms. The molecule has 0 fully saturated rings. The van der Waals surface area contributed by atoms with Gasteiger partial charge in [-0.05, 0) is 37.1 Å². The van der Waals surface area contributed by atoms with Crippen molar-refractivity contribution in [2.45, 2.75) is 26.3 Å². The highest BCUT2D eigenvalue weighted by molar-refractivity contribution is 9.10. The van der Waals surface area contributed by atoms with Crippen molar-refractivity contribution >= 4 is 27.3 Å². The zero-order valence-corrected chi connectivity index (χ0v) is 13.6. The van der Waals surface area contributed by atoms with Crippen LogP contribution in [0.3, 0.4) is 0 Å². The number of thiazole rings is 1. The van der Waals surface area contributed by atoms with E-state index in [-0.39, 0.29) is 6.04 Å². The van der Waals surface area contributed by atoms with Gasteiger partial charge >= 0.3 is 0 Å². The molecule has 0 aliphatic heterocycles. The number of ether oxygens (including phenoxy) is 1. The maximum atomic E-state index is 6.34. The first-order chi connectivity index (χ1) is 9.06. The number of methoxy groups -OCH3 is 1. The van der Waals surface area contributed by atoms with Gasteiger partial charge in [0.1, 0.15) is 10.8 Å². The van der Waals surface area contributed by atoms with Crippen molar-refractivity contribution in [3.05, 3.63) is 43.8 Å². The van der Waals surface area contributed by atoms with Crippen LogP contribution in [-0.2, 0) is 6.42 Å².